The lowest BCUT2D eigenvalue weighted by Crippen LogP contribution is -2.31. The van der Waals surface area contributed by atoms with Gasteiger partial charge in [-0.3, -0.25) is 4.79 Å². The van der Waals surface area contributed by atoms with Crippen LogP contribution in [0.5, 0.6) is 5.75 Å². The van der Waals surface area contributed by atoms with Crippen molar-refractivity contribution < 1.29 is 23.5 Å². The van der Waals surface area contributed by atoms with Gasteiger partial charge in [0.2, 0.25) is 0 Å². The molecule has 0 fully saturated rings. The Morgan fingerprint density at radius 2 is 1.88 bits per heavy atom. The van der Waals surface area contributed by atoms with Crippen LogP contribution in [0.2, 0.25) is 0 Å². The van der Waals surface area contributed by atoms with E-state index in [2.05, 4.69) is 5.32 Å². The van der Waals surface area contributed by atoms with Crippen LogP contribution in [0.25, 0.3) is 0 Å². The summed E-state index contributed by atoms with van der Waals surface area (Å²) >= 11 is 0. The SMILES string of the molecule is C[C@@H](OC(=O)COc1ccccc1F)C(=O)Nc1ccc(C#N)cc1. The lowest BCUT2D eigenvalue weighted by atomic mass is 10.2. The van der Waals surface area contributed by atoms with Gasteiger partial charge in [0.1, 0.15) is 0 Å². The number of benzene rings is 2. The van der Waals surface area contributed by atoms with E-state index in [1.165, 1.54) is 25.1 Å². The van der Waals surface area contributed by atoms with Crippen molar-refractivity contribution in [2.75, 3.05) is 11.9 Å². The van der Waals surface area contributed by atoms with Crippen molar-refractivity contribution in [1.82, 2.24) is 0 Å². The fourth-order valence-corrected chi connectivity index (χ4v) is 1.86. The Morgan fingerprint density at radius 1 is 1.20 bits per heavy atom. The highest BCUT2D eigenvalue weighted by Crippen LogP contribution is 2.15. The van der Waals surface area contributed by atoms with Gasteiger partial charge < -0.3 is 14.8 Å². The third-order valence-corrected chi connectivity index (χ3v) is 3.14. The molecule has 0 heterocycles. The lowest BCUT2D eigenvalue weighted by molar-refractivity contribution is -0.155. The van der Waals surface area contributed by atoms with Crippen molar-refractivity contribution in [3.05, 3.63) is 59.9 Å². The summed E-state index contributed by atoms with van der Waals surface area (Å²) in [6, 6.07) is 13.8. The molecule has 128 valence electrons. The number of para-hydroxylation sites is 1. The summed E-state index contributed by atoms with van der Waals surface area (Å²) in [6.07, 6.45) is -1.06. The number of anilines is 1. The molecular formula is C18H15FN2O4. The molecule has 0 aliphatic carbocycles. The molecule has 1 amide bonds. The Hall–Kier alpha value is -3.40. The Kier molecular flexibility index (Phi) is 6.07. The predicted octanol–water partition coefficient (Wildman–Crippen LogP) is 2.65. The lowest BCUT2D eigenvalue weighted by Gasteiger charge is -2.14. The first-order chi connectivity index (χ1) is 12.0. The van der Waals surface area contributed by atoms with Gasteiger partial charge in [-0.1, -0.05) is 12.1 Å². The molecule has 7 heteroatoms. The number of nitriles is 1. The number of ether oxygens (including phenoxy) is 2. The van der Waals surface area contributed by atoms with Gasteiger partial charge in [-0.2, -0.15) is 5.26 Å². The third kappa shape index (κ3) is 5.32. The zero-order valence-electron chi connectivity index (χ0n) is 13.4. The first kappa shape index (κ1) is 17.9. The quantitative estimate of drug-likeness (QED) is 0.815. The molecule has 25 heavy (non-hydrogen) atoms. The van der Waals surface area contributed by atoms with E-state index < -0.39 is 30.4 Å². The van der Waals surface area contributed by atoms with Crippen molar-refractivity contribution in [3.63, 3.8) is 0 Å². The minimum absolute atomic E-state index is 0.0749. The second-order valence-electron chi connectivity index (χ2n) is 5.03. The molecule has 0 unspecified atom stereocenters. The number of nitrogens with one attached hydrogen (secondary N) is 1. The van der Waals surface area contributed by atoms with Crippen molar-refractivity contribution in [3.8, 4) is 11.8 Å². The molecule has 0 aliphatic rings. The first-order valence-corrected chi connectivity index (χ1v) is 7.37. The first-order valence-electron chi connectivity index (χ1n) is 7.37. The summed E-state index contributed by atoms with van der Waals surface area (Å²) in [5.41, 5.74) is 0.928. The molecule has 0 aromatic heterocycles. The van der Waals surface area contributed by atoms with Gasteiger partial charge >= 0.3 is 5.97 Å². The van der Waals surface area contributed by atoms with Crippen LogP contribution in [-0.4, -0.2) is 24.6 Å². The summed E-state index contributed by atoms with van der Waals surface area (Å²) in [5.74, 6) is -2.01. The Balaban J connectivity index is 1.82. The van der Waals surface area contributed by atoms with Gasteiger partial charge in [-0.05, 0) is 43.3 Å². The standard InChI is InChI=1S/C18H15FN2O4/c1-12(18(23)21-14-8-6-13(10-20)7-9-14)25-17(22)11-24-16-5-3-2-4-15(16)19/h2-9,12H,11H2,1H3,(H,21,23)/t12-/m1/s1. The summed E-state index contributed by atoms with van der Waals surface area (Å²) in [4.78, 5) is 23.7. The fraction of sp³-hybridized carbons (Fsp3) is 0.167. The van der Waals surface area contributed by atoms with Crippen LogP contribution in [0.15, 0.2) is 48.5 Å². The summed E-state index contributed by atoms with van der Waals surface area (Å²) in [5, 5.41) is 11.3. The van der Waals surface area contributed by atoms with Gasteiger partial charge in [0.25, 0.3) is 5.91 Å². The molecular weight excluding hydrogens is 327 g/mol. The highest BCUT2D eigenvalue weighted by Gasteiger charge is 2.18. The maximum absolute atomic E-state index is 13.4. The number of carbonyl (C=O) groups excluding carboxylic acids is 2. The molecule has 0 aliphatic heterocycles. The number of nitrogens with zero attached hydrogens (tertiary/aromatic N) is 1. The van der Waals surface area contributed by atoms with Crippen LogP contribution in [-0.2, 0) is 14.3 Å². The molecule has 0 saturated heterocycles. The molecule has 0 saturated carbocycles. The third-order valence-electron chi connectivity index (χ3n) is 3.14. The van der Waals surface area contributed by atoms with Crippen LogP contribution in [0.3, 0.4) is 0 Å². The average molecular weight is 342 g/mol. The van der Waals surface area contributed by atoms with Gasteiger partial charge in [0, 0.05) is 5.69 Å². The van der Waals surface area contributed by atoms with Crippen LogP contribution >= 0.6 is 0 Å². The number of rotatable bonds is 6. The Bertz CT molecular complexity index is 799. The number of amides is 1. The summed E-state index contributed by atoms with van der Waals surface area (Å²) < 4.78 is 23.3. The van der Waals surface area contributed by atoms with E-state index >= 15 is 0 Å². The maximum atomic E-state index is 13.4. The summed E-state index contributed by atoms with van der Waals surface area (Å²) in [6.45, 7) is 0.884. The van der Waals surface area contributed by atoms with E-state index in [9.17, 15) is 14.0 Å². The molecule has 2 aromatic carbocycles. The minimum atomic E-state index is -1.06. The average Bonchev–Trinajstić information content (AvgIpc) is 2.61. The normalized spacial score (nSPS) is 11.1. The molecule has 6 nitrogen and oxygen atoms in total. The second-order valence-corrected chi connectivity index (χ2v) is 5.03. The van der Waals surface area contributed by atoms with E-state index in [1.807, 2.05) is 6.07 Å². The highest BCUT2D eigenvalue weighted by molar-refractivity contribution is 5.95. The van der Waals surface area contributed by atoms with Crippen LogP contribution in [0.4, 0.5) is 10.1 Å². The fourth-order valence-electron chi connectivity index (χ4n) is 1.86. The number of carbonyl (C=O) groups is 2. The van der Waals surface area contributed by atoms with E-state index in [-0.39, 0.29) is 5.75 Å². The molecule has 2 aromatic rings. The second kappa shape index (κ2) is 8.45. The Morgan fingerprint density at radius 3 is 2.52 bits per heavy atom. The summed E-state index contributed by atoms with van der Waals surface area (Å²) in [7, 11) is 0. The largest absolute Gasteiger partial charge is 0.479 e. The smallest absolute Gasteiger partial charge is 0.344 e. The molecule has 1 atom stereocenters. The van der Waals surface area contributed by atoms with Crippen LogP contribution < -0.4 is 10.1 Å². The predicted molar refractivity (Wildman–Crippen MR) is 87.2 cm³/mol. The highest BCUT2D eigenvalue weighted by atomic mass is 19.1. The Labute approximate surface area is 143 Å². The van der Waals surface area contributed by atoms with E-state index in [0.717, 1.165) is 0 Å². The van der Waals surface area contributed by atoms with Gasteiger partial charge in [-0.25, -0.2) is 9.18 Å². The topological polar surface area (TPSA) is 88.4 Å². The van der Waals surface area contributed by atoms with E-state index in [0.29, 0.717) is 11.3 Å². The van der Waals surface area contributed by atoms with Crippen LogP contribution in [0, 0.1) is 17.1 Å². The van der Waals surface area contributed by atoms with Gasteiger partial charge in [0.15, 0.2) is 24.3 Å². The van der Waals surface area contributed by atoms with Crippen molar-refractivity contribution in [2.45, 2.75) is 13.0 Å². The van der Waals surface area contributed by atoms with Crippen LogP contribution in [0.1, 0.15) is 12.5 Å². The number of hydrogen-bond acceptors (Lipinski definition) is 5. The van der Waals surface area contributed by atoms with Gasteiger partial charge in [-0.15, -0.1) is 0 Å². The molecule has 0 spiro atoms. The maximum Gasteiger partial charge on any atom is 0.344 e. The zero-order valence-corrected chi connectivity index (χ0v) is 13.4. The molecule has 0 bridgehead atoms. The zero-order chi connectivity index (χ0) is 18.2. The molecule has 2 rings (SSSR count). The number of hydrogen-bond donors (Lipinski definition) is 1. The number of esters is 1. The van der Waals surface area contributed by atoms with Crippen molar-refractivity contribution >= 4 is 17.6 Å². The minimum Gasteiger partial charge on any atom is -0.479 e. The number of halogens is 1. The monoisotopic (exact) mass is 342 g/mol. The van der Waals surface area contributed by atoms with Crippen molar-refractivity contribution in [2.24, 2.45) is 0 Å². The van der Waals surface area contributed by atoms with Gasteiger partial charge in [0.05, 0.1) is 11.6 Å². The van der Waals surface area contributed by atoms with Crippen molar-refractivity contribution in [1.29, 1.82) is 5.26 Å². The van der Waals surface area contributed by atoms with E-state index in [4.69, 9.17) is 14.7 Å². The molecule has 0 radical (unpaired) electrons. The molecule has 1 N–H and O–H groups in total. The van der Waals surface area contributed by atoms with E-state index in [1.54, 1.807) is 30.3 Å².